The molecule has 0 bridgehead atoms. The number of carbonyl (C=O) groups is 1. The number of rotatable bonds is 2. The minimum atomic E-state index is -0.305. The molecule has 0 spiro atoms. The van der Waals surface area contributed by atoms with Crippen LogP contribution in [0, 0.1) is 12.3 Å². The van der Waals surface area contributed by atoms with Gasteiger partial charge < -0.3 is 4.74 Å². The summed E-state index contributed by atoms with van der Waals surface area (Å²) in [5.41, 5.74) is 0. The van der Waals surface area contributed by atoms with Crippen LogP contribution in [0.4, 0.5) is 0 Å². The van der Waals surface area contributed by atoms with Crippen molar-refractivity contribution < 1.29 is 9.53 Å². The zero-order valence-electron chi connectivity index (χ0n) is 7.53. The van der Waals surface area contributed by atoms with Gasteiger partial charge in [0.1, 0.15) is 4.88 Å². The van der Waals surface area contributed by atoms with Crippen LogP contribution in [-0.4, -0.2) is 13.1 Å². The molecule has 1 heterocycles. The molecular weight excluding hydrogens is 184 g/mol. The maximum atomic E-state index is 11.1. The highest BCUT2D eigenvalue weighted by Crippen LogP contribution is 2.24. The van der Waals surface area contributed by atoms with Gasteiger partial charge in [0.05, 0.1) is 13.0 Å². The summed E-state index contributed by atoms with van der Waals surface area (Å²) in [6.07, 6.45) is 5.26. The van der Waals surface area contributed by atoms with E-state index in [1.165, 1.54) is 18.4 Å². The summed E-state index contributed by atoms with van der Waals surface area (Å²) in [6, 6.07) is 3.60. The molecule has 0 radical (unpaired) electrons. The predicted octanol–water partition coefficient (Wildman–Crippen LogP) is 2.27. The molecule has 0 aliphatic rings. The Morgan fingerprint density at radius 2 is 2.38 bits per heavy atom. The predicted molar refractivity (Wildman–Crippen MR) is 52.9 cm³/mol. The van der Waals surface area contributed by atoms with E-state index in [1.807, 2.05) is 13.0 Å². The van der Waals surface area contributed by atoms with Crippen molar-refractivity contribution in [3.63, 3.8) is 0 Å². The molecule has 0 aromatic carbocycles. The van der Waals surface area contributed by atoms with E-state index in [0.29, 0.717) is 4.88 Å². The Kier molecular flexibility index (Phi) is 3.10. The molecule has 0 saturated carbocycles. The Bertz CT molecular complexity index is 346. The van der Waals surface area contributed by atoms with Gasteiger partial charge in [0.15, 0.2) is 0 Å². The van der Waals surface area contributed by atoms with Gasteiger partial charge in [-0.1, -0.05) is 5.92 Å². The molecule has 0 aliphatic carbocycles. The fraction of sp³-hybridized carbons (Fsp3) is 0.300. The molecule has 2 nitrogen and oxygen atoms in total. The van der Waals surface area contributed by atoms with E-state index >= 15 is 0 Å². The van der Waals surface area contributed by atoms with Gasteiger partial charge in [0.2, 0.25) is 0 Å². The van der Waals surface area contributed by atoms with Crippen LogP contribution >= 0.6 is 11.3 Å². The molecule has 13 heavy (non-hydrogen) atoms. The number of esters is 1. The Morgan fingerprint density at radius 3 is 2.92 bits per heavy atom. The summed E-state index contributed by atoms with van der Waals surface area (Å²) in [7, 11) is 1.37. The van der Waals surface area contributed by atoms with Gasteiger partial charge in [0.25, 0.3) is 0 Å². The van der Waals surface area contributed by atoms with E-state index in [4.69, 9.17) is 6.42 Å². The lowest BCUT2D eigenvalue weighted by Crippen LogP contribution is -1.96. The molecule has 1 aromatic heterocycles. The minimum absolute atomic E-state index is 0.0587. The first-order valence-corrected chi connectivity index (χ1v) is 4.65. The van der Waals surface area contributed by atoms with Crippen LogP contribution in [0.2, 0.25) is 0 Å². The number of methoxy groups -OCH3 is 1. The SMILES string of the molecule is C#CC(C)c1ccc(C(=O)OC)s1. The fourth-order valence-corrected chi connectivity index (χ4v) is 1.82. The summed E-state index contributed by atoms with van der Waals surface area (Å²) in [6.45, 7) is 1.92. The molecule has 0 amide bonds. The zero-order chi connectivity index (χ0) is 9.84. The van der Waals surface area contributed by atoms with Gasteiger partial charge in [-0.25, -0.2) is 4.79 Å². The van der Waals surface area contributed by atoms with Crippen LogP contribution in [0.15, 0.2) is 12.1 Å². The van der Waals surface area contributed by atoms with Crippen molar-refractivity contribution in [3.05, 3.63) is 21.9 Å². The van der Waals surface area contributed by atoms with Gasteiger partial charge in [0, 0.05) is 4.88 Å². The molecule has 0 fully saturated rings. The second kappa shape index (κ2) is 4.11. The third-order valence-corrected chi connectivity index (χ3v) is 2.94. The third-order valence-electron chi connectivity index (χ3n) is 1.69. The maximum Gasteiger partial charge on any atom is 0.348 e. The minimum Gasteiger partial charge on any atom is -0.465 e. The lowest BCUT2D eigenvalue weighted by Gasteiger charge is -1.97. The highest BCUT2D eigenvalue weighted by molar-refractivity contribution is 7.14. The Balaban J connectivity index is 2.88. The first kappa shape index (κ1) is 9.82. The summed E-state index contributed by atoms with van der Waals surface area (Å²) >= 11 is 1.38. The number of hydrogen-bond acceptors (Lipinski definition) is 3. The van der Waals surface area contributed by atoms with E-state index in [0.717, 1.165) is 4.88 Å². The van der Waals surface area contributed by atoms with E-state index in [9.17, 15) is 4.79 Å². The van der Waals surface area contributed by atoms with Crippen LogP contribution in [0.3, 0.4) is 0 Å². The quantitative estimate of drug-likeness (QED) is 0.533. The van der Waals surface area contributed by atoms with Crippen LogP contribution in [0.1, 0.15) is 27.4 Å². The second-order valence-electron chi connectivity index (χ2n) is 2.58. The van der Waals surface area contributed by atoms with Gasteiger partial charge >= 0.3 is 5.97 Å². The fourth-order valence-electron chi connectivity index (χ4n) is 0.878. The topological polar surface area (TPSA) is 26.3 Å². The van der Waals surface area contributed by atoms with Crippen LogP contribution in [-0.2, 0) is 4.74 Å². The van der Waals surface area contributed by atoms with Crippen molar-refractivity contribution in [2.45, 2.75) is 12.8 Å². The van der Waals surface area contributed by atoms with Crippen LogP contribution in [0.5, 0.6) is 0 Å². The molecule has 1 atom stereocenters. The molecule has 0 N–H and O–H groups in total. The van der Waals surface area contributed by atoms with Crippen molar-refractivity contribution in [2.75, 3.05) is 7.11 Å². The molecule has 0 saturated heterocycles. The average Bonchev–Trinajstić information content (AvgIpc) is 2.64. The largest absolute Gasteiger partial charge is 0.465 e. The summed E-state index contributed by atoms with van der Waals surface area (Å²) in [4.78, 5) is 12.7. The number of ether oxygens (including phenoxy) is 1. The van der Waals surface area contributed by atoms with Crippen LogP contribution in [0.25, 0.3) is 0 Å². The van der Waals surface area contributed by atoms with E-state index < -0.39 is 0 Å². The lowest BCUT2D eigenvalue weighted by atomic mass is 10.1. The van der Waals surface area contributed by atoms with E-state index in [1.54, 1.807) is 6.07 Å². The number of thiophene rings is 1. The van der Waals surface area contributed by atoms with Gasteiger partial charge in [-0.3, -0.25) is 0 Å². The lowest BCUT2D eigenvalue weighted by molar-refractivity contribution is 0.0606. The molecule has 0 aliphatic heterocycles. The Labute approximate surface area is 81.5 Å². The normalized spacial score (nSPS) is 11.8. The van der Waals surface area contributed by atoms with E-state index in [-0.39, 0.29) is 11.9 Å². The maximum absolute atomic E-state index is 11.1. The standard InChI is InChI=1S/C10H10O2S/c1-4-7(2)8-5-6-9(13-8)10(11)12-3/h1,5-7H,2-3H3. The third kappa shape index (κ3) is 2.10. The summed E-state index contributed by atoms with van der Waals surface area (Å²) < 4.78 is 4.58. The monoisotopic (exact) mass is 194 g/mol. The van der Waals surface area contributed by atoms with Crippen LogP contribution < -0.4 is 0 Å². The van der Waals surface area contributed by atoms with Crippen molar-refractivity contribution in [1.29, 1.82) is 0 Å². The van der Waals surface area contributed by atoms with Crippen molar-refractivity contribution >= 4 is 17.3 Å². The summed E-state index contributed by atoms with van der Waals surface area (Å²) in [5.74, 6) is 2.36. The first-order chi connectivity index (χ1) is 6.19. The van der Waals surface area contributed by atoms with Crippen molar-refractivity contribution in [2.24, 2.45) is 0 Å². The molecule has 1 unspecified atom stereocenters. The Hall–Kier alpha value is -1.27. The second-order valence-corrected chi connectivity index (χ2v) is 3.70. The highest BCUT2D eigenvalue weighted by Gasteiger charge is 2.11. The average molecular weight is 194 g/mol. The zero-order valence-corrected chi connectivity index (χ0v) is 8.35. The van der Waals surface area contributed by atoms with Crippen molar-refractivity contribution in [3.8, 4) is 12.3 Å². The van der Waals surface area contributed by atoms with Gasteiger partial charge in [-0.05, 0) is 19.1 Å². The van der Waals surface area contributed by atoms with Gasteiger partial charge in [-0.2, -0.15) is 0 Å². The number of terminal acetylenes is 1. The van der Waals surface area contributed by atoms with Crippen molar-refractivity contribution in [1.82, 2.24) is 0 Å². The summed E-state index contributed by atoms with van der Waals surface area (Å²) in [5, 5.41) is 0. The number of carbonyl (C=O) groups excluding carboxylic acids is 1. The highest BCUT2D eigenvalue weighted by atomic mass is 32.1. The Morgan fingerprint density at radius 1 is 1.69 bits per heavy atom. The smallest absolute Gasteiger partial charge is 0.348 e. The molecular formula is C10H10O2S. The van der Waals surface area contributed by atoms with E-state index in [2.05, 4.69) is 10.7 Å². The molecule has 1 rings (SSSR count). The first-order valence-electron chi connectivity index (χ1n) is 3.83. The van der Waals surface area contributed by atoms with Gasteiger partial charge in [-0.15, -0.1) is 17.8 Å². The molecule has 3 heteroatoms. The number of hydrogen-bond donors (Lipinski definition) is 0. The molecule has 68 valence electrons. The molecule has 1 aromatic rings.